The summed E-state index contributed by atoms with van der Waals surface area (Å²) in [6.07, 6.45) is 0.724. The maximum absolute atomic E-state index is 10.1. The molecule has 2 aromatic rings. The summed E-state index contributed by atoms with van der Waals surface area (Å²) in [7, 11) is 1.65. The van der Waals surface area contributed by atoms with Crippen molar-refractivity contribution in [2.45, 2.75) is 32.4 Å². The third-order valence-electron chi connectivity index (χ3n) is 3.50. The number of para-hydroxylation sites is 2. The molecule has 0 aliphatic carbocycles. The second kappa shape index (κ2) is 8.12. The van der Waals surface area contributed by atoms with Gasteiger partial charge < -0.3 is 19.1 Å². The molecule has 0 saturated heterocycles. The number of fused-ring (bicyclic) bond motifs is 1. The molecule has 5 nitrogen and oxygen atoms in total. The Hall–Kier alpha value is -1.43. The highest BCUT2D eigenvalue weighted by Gasteiger charge is 2.13. The van der Waals surface area contributed by atoms with E-state index in [1.807, 2.05) is 18.2 Å². The SMILES string of the molecule is CCn1c(CC(O)CCOCCOC)nc2ccccc21. The van der Waals surface area contributed by atoms with Crippen molar-refractivity contribution in [2.24, 2.45) is 0 Å². The first-order valence-electron chi connectivity index (χ1n) is 7.45. The molecule has 0 aliphatic rings. The van der Waals surface area contributed by atoms with Crippen LogP contribution in [-0.2, 0) is 22.4 Å². The van der Waals surface area contributed by atoms with Crippen molar-refractivity contribution < 1.29 is 14.6 Å². The molecule has 0 fully saturated rings. The average Bonchev–Trinajstić information content (AvgIpc) is 2.84. The topological polar surface area (TPSA) is 56.5 Å². The smallest absolute Gasteiger partial charge is 0.112 e. The molecule has 1 unspecified atom stereocenters. The van der Waals surface area contributed by atoms with Crippen LogP contribution in [0.5, 0.6) is 0 Å². The zero-order chi connectivity index (χ0) is 15.1. The number of hydrogen-bond donors (Lipinski definition) is 1. The molecule has 0 radical (unpaired) electrons. The summed E-state index contributed by atoms with van der Waals surface area (Å²) in [6, 6.07) is 8.07. The van der Waals surface area contributed by atoms with Gasteiger partial charge in [0.05, 0.1) is 30.4 Å². The fraction of sp³-hybridized carbons (Fsp3) is 0.562. The highest BCUT2D eigenvalue weighted by Crippen LogP contribution is 2.17. The summed E-state index contributed by atoms with van der Waals surface area (Å²) in [5.74, 6) is 0.933. The van der Waals surface area contributed by atoms with Crippen molar-refractivity contribution in [3.63, 3.8) is 0 Å². The van der Waals surface area contributed by atoms with Gasteiger partial charge >= 0.3 is 0 Å². The summed E-state index contributed by atoms with van der Waals surface area (Å²) in [4.78, 5) is 4.62. The van der Waals surface area contributed by atoms with Gasteiger partial charge in [-0.05, 0) is 25.5 Å². The summed E-state index contributed by atoms with van der Waals surface area (Å²) in [5.41, 5.74) is 2.11. The van der Waals surface area contributed by atoms with Gasteiger partial charge in [0.15, 0.2) is 0 Å². The molecule has 1 N–H and O–H groups in total. The Morgan fingerprint density at radius 1 is 1.24 bits per heavy atom. The predicted octanol–water partition coefficient (Wildman–Crippen LogP) is 2.01. The van der Waals surface area contributed by atoms with E-state index in [-0.39, 0.29) is 0 Å². The molecule has 2 rings (SSSR count). The maximum atomic E-state index is 10.1. The summed E-state index contributed by atoms with van der Waals surface area (Å²) < 4.78 is 12.5. The fourth-order valence-electron chi connectivity index (χ4n) is 2.41. The van der Waals surface area contributed by atoms with Gasteiger partial charge in [-0.3, -0.25) is 0 Å². The van der Waals surface area contributed by atoms with E-state index in [2.05, 4.69) is 22.5 Å². The molecule has 0 bridgehead atoms. The number of imidazole rings is 1. The Morgan fingerprint density at radius 3 is 2.81 bits per heavy atom. The summed E-state index contributed by atoms with van der Waals surface area (Å²) in [6.45, 7) is 4.64. The van der Waals surface area contributed by atoms with Crippen LogP contribution in [0, 0.1) is 0 Å². The predicted molar refractivity (Wildman–Crippen MR) is 82.4 cm³/mol. The number of aryl methyl sites for hydroxylation is 1. The molecule has 1 heterocycles. The van der Waals surface area contributed by atoms with E-state index in [4.69, 9.17) is 9.47 Å². The maximum Gasteiger partial charge on any atom is 0.112 e. The van der Waals surface area contributed by atoms with E-state index in [1.165, 1.54) is 0 Å². The van der Waals surface area contributed by atoms with E-state index in [0.717, 1.165) is 23.4 Å². The molecular weight excluding hydrogens is 268 g/mol. The lowest BCUT2D eigenvalue weighted by atomic mass is 10.2. The molecule has 0 saturated carbocycles. The van der Waals surface area contributed by atoms with E-state index < -0.39 is 6.10 Å². The average molecular weight is 292 g/mol. The number of methoxy groups -OCH3 is 1. The highest BCUT2D eigenvalue weighted by molar-refractivity contribution is 5.75. The lowest BCUT2D eigenvalue weighted by Crippen LogP contribution is -2.17. The third-order valence-corrected chi connectivity index (χ3v) is 3.50. The van der Waals surface area contributed by atoms with E-state index >= 15 is 0 Å². The molecule has 0 aliphatic heterocycles. The number of hydrogen-bond acceptors (Lipinski definition) is 4. The molecule has 116 valence electrons. The van der Waals surface area contributed by atoms with Crippen LogP contribution in [0.4, 0.5) is 0 Å². The summed E-state index contributed by atoms with van der Waals surface area (Å²) in [5, 5.41) is 10.1. The summed E-state index contributed by atoms with van der Waals surface area (Å²) >= 11 is 0. The van der Waals surface area contributed by atoms with Crippen molar-refractivity contribution >= 4 is 11.0 Å². The molecule has 5 heteroatoms. The molecule has 1 aromatic carbocycles. The van der Waals surface area contributed by atoms with E-state index in [0.29, 0.717) is 32.7 Å². The second-order valence-corrected chi connectivity index (χ2v) is 5.01. The Labute approximate surface area is 125 Å². The van der Waals surface area contributed by atoms with Crippen molar-refractivity contribution in [1.29, 1.82) is 0 Å². The van der Waals surface area contributed by atoms with E-state index in [9.17, 15) is 5.11 Å². The first-order chi connectivity index (χ1) is 10.3. The molecule has 1 atom stereocenters. The number of aromatic nitrogens is 2. The Balaban J connectivity index is 1.92. The number of aliphatic hydroxyl groups excluding tert-OH is 1. The van der Waals surface area contributed by atoms with Crippen LogP contribution < -0.4 is 0 Å². The van der Waals surface area contributed by atoms with Gasteiger partial charge in [0.25, 0.3) is 0 Å². The Kier molecular flexibility index (Phi) is 6.17. The van der Waals surface area contributed by atoms with Gasteiger partial charge in [0, 0.05) is 26.7 Å². The van der Waals surface area contributed by atoms with Crippen LogP contribution in [0.1, 0.15) is 19.2 Å². The quantitative estimate of drug-likeness (QED) is 0.718. The number of rotatable bonds is 9. The molecule has 0 spiro atoms. The van der Waals surface area contributed by atoms with Crippen LogP contribution in [-0.4, -0.2) is 47.7 Å². The van der Waals surface area contributed by atoms with Crippen LogP contribution >= 0.6 is 0 Å². The minimum absolute atomic E-state index is 0.436. The van der Waals surface area contributed by atoms with Gasteiger partial charge in [-0.15, -0.1) is 0 Å². The lowest BCUT2D eigenvalue weighted by Gasteiger charge is -2.12. The number of benzene rings is 1. The first kappa shape index (κ1) is 15.9. The largest absolute Gasteiger partial charge is 0.393 e. The third kappa shape index (κ3) is 4.27. The number of aliphatic hydroxyl groups is 1. The van der Waals surface area contributed by atoms with Crippen LogP contribution in [0.15, 0.2) is 24.3 Å². The van der Waals surface area contributed by atoms with Crippen LogP contribution in [0.2, 0.25) is 0 Å². The van der Waals surface area contributed by atoms with Crippen molar-refractivity contribution in [3.8, 4) is 0 Å². The van der Waals surface area contributed by atoms with Crippen LogP contribution in [0.3, 0.4) is 0 Å². The monoisotopic (exact) mass is 292 g/mol. The van der Waals surface area contributed by atoms with Crippen LogP contribution in [0.25, 0.3) is 11.0 Å². The highest BCUT2D eigenvalue weighted by atomic mass is 16.5. The molecular formula is C16H24N2O3. The zero-order valence-electron chi connectivity index (χ0n) is 12.8. The number of nitrogens with zero attached hydrogens (tertiary/aromatic N) is 2. The van der Waals surface area contributed by atoms with Gasteiger partial charge in [-0.2, -0.15) is 0 Å². The molecule has 21 heavy (non-hydrogen) atoms. The second-order valence-electron chi connectivity index (χ2n) is 5.01. The van der Waals surface area contributed by atoms with Crippen molar-refractivity contribution in [1.82, 2.24) is 9.55 Å². The lowest BCUT2D eigenvalue weighted by molar-refractivity contribution is 0.0474. The standard InChI is InChI=1S/C16H24N2O3/c1-3-18-15-7-5-4-6-14(15)17-16(18)12-13(19)8-9-21-11-10-20-2/h4-7,13,19H,3,8-12H2,1-2H3. The number of ether oxygens (including phenoxy) is 2. The minimum Gasteiger partial charge on any atom is -0.393 e. The van der Waals surface area contributed by atoms with Crippen molar-refractivity contribution in [3.05, 3.63) is 30.1 Å². The minimum atomic E-state index is -0.436. The van der Waals surface area contributed by atoms with Gasteiger partial charge in [-0.1, -0.05) is 12.1 Å². The molecule has 0 amide bonds. The van der Waals surface area contributed by atoms with Gasteiger partial charge in [0.1, 0.15) is 5.82 Å². The van der Waals surface area contributed by atoms with Crippen molar-refractivity contribution in [2.75, 3.05) is 26.9 Å². The van der Waals surface area contributed by atoms with Gasteiger partial charge in [-0.25, -0.2) is 4.98 Å². The normalized spacial score (nSPS) is 12.9. The zero-order valence-corrected chi connectivity index (χ0v) is 12.8. The molecule has 1 aromatic heterocycles. The van der Waals surface area contributed by atoms with Gasteiger partial charge in [0.2, 0.25) is 0 Å². The fourth-order valence-corrected chi connectivity index (χ4v) is 2.41. The van der Waals surface area contributed by atoms with E-state index in [1.54, 1.807) is 7.11 Å². The first-order valence-corrected chi connectivity index (χ1v) is 7.45. The Bertz CT molecular complexity index is 553. The Morgan fingerprint density at radius 2 is 2.05 bits per heavy atom.